The molecule has 0 fully saturated rings. The summed E-state index contributed by atoms with van der Waals surface area (Å²) in [6.07, 6.45) is 7.03. The SMILES string of the molecule is CC(c1ncccn1)N(Cc1cc2c(cn1)OCCC2)C(=O)c1ccc2nc(N)c3c(c2c1)COC3. The quantitative estimate of drug-likeness (QED) is 0.457. The maximum atomic E-state index is 14.0. The van der Waals surface area contributed by atoms with Crippen molar-refractivity contribution in [3.8, 4) is 5.75 Å². The minimum atomic E-state index is -0.373. The molecular formula is C27H26N6O3. The first-order chi connectivity index (χ1) is 17.6. The molecule has 0 spiro atoms. The molecule has 9 heteroatoms. The zero-order chi connectivity index (χ0) is 24.6. The van der Waals surface area contributed by atoms with Gasteiger partial charge in [0.2, 0.25) is 0 Å². The normalized spacial score (nSPS) is 15.1. The van der Waals surface area contributed by atoms with Gasteiger partial charge in [0.1, 0.15) is 17.4 Å². The van der Waals surface area contributed by atoms with Crippen molar-refractivity contribution < 1.29 is 14.3 Å². The lowest BCUT2D eigenvalue weighted by molar-refractivity contribution is 0.0663. The number of ether oxygens (including phenoxy) is 2. The molecule has 0 saturated carbocycles. The smallest absolute Gasteiger partial charge is 0.254 e. The number of nitrogens with two attached hydrogens (primary N) is 1. The summed E-state index contributed by atoms with van der Waals surface area (Å²) in [5, 5.41) is 0.884. The van der Waals surface area contributed by atoms with Gasteiger partial charge in [-0.15, -0.1) is 0 Å². The molecule has 2 aliphatic rings. The second kappa shape index (κ2) is 9.16. The number of nitrogen functional groups attached to an aromatic ring is 1. The number of carbonyl (C=O) groups excluding carboxylic acids is 1. The highest BCUT2D eigenvalue weighted by molar-refractivity contribution is 5.99. The molecule has 9 nitrogen and oxygen atoms in total. The lowest BCUT2D eigenvalue weighted by Crippen LogP contribution is -2.34. The van der Waals surface area contributed by atoms with Gasteiger partial charge >= 0.3 is 0 Å². The molecule has 1 aromatic carbocycles. The minimum absolute atomic E-state index is 0.142. The van der Waals surface area contributed by atoms with E-state index in [0.717, 1.165) is 51.9 Å². The largest absolute Gasteiger partial charge is 0.492 e. The lowest BCUT2D eigenvalue weighted by Gasteiger charge is -2.29. The fourth-order valence-electron chi connectivity index (χ4n) is 4.88. The number of carbonyl (C=O) groups is 1. The van der Waals surface area contributed by atoms with Crippen molar-refractivity contribution in [2.45, 2.75) is 45.6 Å². The molecule has 0 saturated heterocycles. The Morgan fingerprint density at radius 2 is 1.97 bits per heavy atom. The van der Waals surface area contributed by atoms with Crippen LogP contribution in [0.3, 0.4) is 0 Å². The van der Waals surface area contributed by atoms with Gasteiger partial charge in [0.25, 0.3) is 5.91 Å². The van der Waals surface area contributed by atoms with Crippen LogP contribution in [-0.2, 0) is 30.9 Å². The minimum Gasteiger partial charge on any atom is -0.492 e. The average Bonchev–Trinajstić information content (AvgIpc) is 3.43. The second-order valence-electron chi connectivity index (χ2n) is 9.13. The number of pyridine rings is 2. The zero-order valence-electron chi connectivity index (χ0n) is 20.0. The van der Waals surface area contributed by atoms with Crippen molar-refractivity contribution in [1.29, 1.82) is 0 Å². The van der Waals surface area contributed by atoms with Crippen molar-refractivity contribution >= 4 is 22.6 Å². The zero-order valence-corrected chi connectivity index (χ0v) is 20.0. The summed E-state index contributed by atoms with van der Waals surface area (Å²) in [7, 11) is 0. The van der Waals surface area contributed by atoms with E-state index in [1.807, 2.05) is 25.1 Å². The second-order valence-corrected chi connectivity index (χ2v) is 9.13. The van der Waals surface area contributed by atoms with Gasteiger partial charge in [0.05, 0.1) is 49.8 Å². The van der Waals surface area contributed by atoms with Gasteiger partial charge in [-0.1, -0.05) is 0 Å². The third-order valence-electron chi connectivity index (χ3n) is 6.85. The molecule has 0 bridgehead atoms. The number of rotatable bonds is 5. The predicted octanol–water partition coefficient (Wildman–Crippen LogP) is 3.76. The van der Waals surface area contributed by atoms with E-state index in [9.17, 15) is 4.79 Å². The number of aryl methyl sites for hydroxylation is 1. The van der Waals surface area contributed by atoms with Gasteiger partial charge in [-0.3, -0.25) is 9.78 Å². The first kappa shape index (κ1) is 22.4. The Morgan fingerprint density at radius 1 is 1.14 bits per heavy atom. The van der Waals surface area contributed by atoms with E-state index in [-0.39, 0.29) is 11.9 Å². The number of nitrogens with zero attached hydrogens (tertiary/aromatic N) is 5. The Hall–Kier alpha value is -4.11. The maximum absolute atomic E-state index is 14.0. The number of fused-ring (bicyclic) bond motifs is 4. The van der Waals surface area contributed by atoms with E-state index >= 15 is 0 Å². The summed E-state index contributed by atoms with van der Waals surface area (Å²) in [5.41, 5.74) is 11.2. The highest BCUT2D eigenvalue weighted by Crippen LogP contribution is 2.33. The van der Waals surface area contributed by atoms with Crippen LogP contribution >= 0.6 is 0 Å². The fourth-order valence-corrected chi connectivity index (χ4v) is 4.88. The third-order valence-corrected chi connectivity index (χ3v) is 6.85. The Kier molecular flexibility index (Phi) is 5.69. The number of hydrogen-bond acceptors (Lipinski definition) is 8. The van der Waals surface area contributed by atoms with Gasteiger partial charge in [-0.05, 0) is 61.2 Å². The Bertz CT molecular complexity index is 1460. The van der Waals surface area contributed by atoms with Crippen molar-refractivity contribution in [2.24, 2.45) is 0 Å². The van der Waals surface area contributed by atoms with Crippen molar-refractivity contribution in [3.05, 3.63) is 82.7 Å². The summed E-state index contributed by atoms with van der Waals surface area (Å²) < 4.78 is 11.3. The number of hydrogen-bond donors (Lipinski definition) is 1. The molecule has 1 atom stereocenters. The molecule has 2 aliphatic heterocycles. The molecule has 2 N–H and O–H groups in total. The Labute approximate surface area is 208 Å². The molecule has 36 heavy (non-hydrogen) atoms. The van der Waals surface area contributed by atoms with Gasteiger partial charge < -0.3 is 20.1 Å². The first-order valence-corrected chi connectivity index (χ1v) is 12.1. The molecule has 6 rings (SSSR count). The molecule has 0 aliphatic carbocycles. The summed E-state index contributed by atoms with van der Waals surface area (Å²) in [5.74, 6) is 1.72. The third kappa shape index (κ3) is 4.01. The van der Waals surface area contributed by atoms with E-state index < -0.39 is 0 Å². The number of aromatic nitrogens is 4. The van der Waals surface area contributed by atoms with Crippen LogP contribution in [0.2, 0.25) is 0 Å². The summed E-state index contributed by atoms with van der Waals surface area (Å²) >= 11 is 0. The number of anilines is 1. The summed E-state index contributed by atoms with van der Waals surface area (Å²) in [6.45, 7) is 3.84. The lowest BCUT2D eigenvalue weighted by atomic mass is 10.0. The molecular weight excluding hydrogens is 456 g/mol. The van der Waals surface area contributed by atoms with Crippen LogP contribution in [0.1, 0.15) is 58.0 Å². The van der Waals surface area contributed by atoms with E-state index in [1.165, 1.54) is 0 Å². The van der Waals surface area contributed by atoms with Crippen molar-refractivity contribution in [1.82, 2.24) is 24.8 Å². The van der Waals surface area contributed by atoms with E-state index in [1.54, 1.807) is 35.6 Å². The van der Waals surface area contributed by atoms with E-state index in [0.29, 0.717) is 43.6 Å². The highest BCUT2D eigenvalue weighted by atomic mass is 16.5. The van der Waals surface area contributed by atoms with Crippen LogP contribution < -0.4 is 10.5 Å². The van der Waals surface area contributed by atoms with Gasteiger partial charge in [-0.2, -0.15) is 0 Å². The molecule has 0 radical (unpaired) electrons. The summed E-state index contributed by atoms with van der Waals surface area (Å²) in [4.78, 5) is 33.7. The standard InChI is InChI=1S/C27H26N6O3/c1-16(26-29-7-3-8-30-26)33(13-19-10-17-4-2-9-36-24(17)12-31-19)27(34)18-5-6-23-20(11-18)21-14-35-15-22(21)25(28)32-23/h3,5-8,10-12,16H,2,4,9,13-15H2,1H3,(H2,28,32). The van der Waals surface area contributed by atoms with Crippen LogP contribution in [0.4, 0.5) is 5.82 Å². The Morgan fingerprint density at radius 3 is 2.83 bits per heavy atom. The number of amides is 1. The summed E-state index contributed by atoms with van der Waals surface area (Å²) in [6, 6.07) is 8.94. The van der Waals surface area contributed by atoms with Crippen molar-refractivity contribution in [2.75, 3.05) is 12.3 Å². The maximum Gasteiger partial charge on any atom is 0.254 e. The van der Waals surface area contributed by atoms with Crippen LogP contribution in [-0.4, -0.2) is 37.3 Å². The van der Waals surface area contributed by atoms with Crippen LogP contribution in [0.5, 0.6) is 5.75 Å². The topological polar surface area (TPSA) is 116 Å². The van der Waals surface area contributed by atoms with E-state index in [4.69, 9.17) is 15.2 Å². The highest BCUT2D eigenvalue weighted by Gasteiger charge is 2.27. The Balaban J connectivity index is 1.39. The van der Waals surface area contributed by atoms with Gasteiger partial charge in [0.15, 0.2) is 0 Å². The van der Waals surface area contributed by atoms with E-state index in [2.05, 4.69) is 19.9 Å². The molecule has 182 valence electrons. The predicted molar refractivity (Wildman–Crippen MR) is 133 cm³/mol. The van der Waals surface area contributed by atoms with Crippen molar-refractivity contribution in [3.63, 3.8) is 0 Å². The molecule has 1 unspecified atom stereocenters. The van der Waals surface area contributed by atoms with Gasteiger partial charge in [-0.25, -0.2) is 15.0 Å². The molecule has 1 amide bonds. The van der Waals surface area contributed by atoms with Crippen LogP contribution in [0.15, 0.2) is 48.9 Å². The average molecular weight is 483 g/mol. The molecule has 4 aromatic rings. The molecule has 5 heterocycles. The number of benzene rings is 1. The van der Waals surface area contributed by atoms with Crippen LogP contribution in [0.25, 0.3) is 10.9 Å². The molecule has 3 aromatic heterocycles. The monoisotopic (exact) mass is 482 g/mol. The first-order valence-electron chi connectivity index (χ1n) is 12.1. The van der Waals surface area contributed by atoms with Gasteiger partial charge in [0, 0.05) is 28.9 Å². The van der Waals surface area contributed by atoms with Crippen LogP contribution in [0, 0.1) is 0 Å². The fraction of sp³-hybridized carbons (Fsp3) is 0.296.